The van der Waals surface area contributed by atoms with E-state index in [1.165, 1.54) is 4.90 Å². The Labute approximate surface area is 94.0 Å². The van der Waals surface area contributed by atoms with Crippen molar-refractivity contribution < 1.29 is 9.59 Å². The third-order valence-corrected chi connectivity index (χ3v) is 2.85. The van der Waals surface area contributed by atoms with E-state index in [-0.39, 0.29) is 18.4 Å². The molecule has 2 rings (SSSR count). The van der Waals surface area contributed by atoms with Crippen molar-refractivity contribution in [2.75, 3.05) is 13.1 Å². The summed E-state index contributed by atoms with van der Waals surface area (Å²) in [6, 6.07) is 9.63. The summed E-state index contributed by atoms with van der Waals surface area (Å²) >= 11 is 0. The molecule has 1 aliphatic heterocycles. The van der Waals surface area contributed by atoms with Gasteiger partial charge in [-0.25, -0.2) is 0 Å². The van der Waals surface area contributed by atoms with Crippen LogP contribution in [0.5, 0.6) is 0 Å². The minimum absolute atomic E-state index is 0.00463. The number of rotatable bonds is 3. The Hall–Kier alpha value is -1.84. The highest BCUT2D eigenvalue weighted by Crippen LogP contribution is 2.27. The molecule has 1 saturated heterocycles. The van der Waals surface area contributed by atoms with Crippen LogP contribution < -0.4 is 5.73 Å². The maximum atomic E-state index is 12.0. The standard InChI is InChI=1S/C12H14N2O2/c13-11(15)8-14-7-6-10(12(14)16)9-4-2-1-3-5-9/h1-5,10H,6-8H2,(H2,13,15). The minimum Gasteiger partial charge on any atom is -0.368 e. The molecule has 1 heterocycles. The van der Waals surface area contributed by atoms with E-state index >= 15 is 0 Å². The summed E-state index contributed by atoms with van der Waals surface area (Å²) in [5.41, 5.74) is 6.10. The molecule has 1 unspecified atom stereocenters. The van der Waals surface area contributed by atoms with Crippen LogP contribution in [0.3, 0.4) is 0 Å². The molecule has 0 radical (unpaired) electrons. The largest absolute Gasteiger partial charge is 0.368 e. The molecule has 1 aromatic carbocycles. The average molecular weight is 218 g/mol. The van der Waals surface area contributed by atoms with E-state index in [2.05, 4.69) is 0 Å². The van der Waals surface area contributed by atoms with Gasteiger partial charge in [0.1, 0.15) is 0 Å². The summed E-state index contributed by atoms with van der Waals surface area (Å²) in [6.45, 7) is 0.642. The van der Waals surface area contributed by atoms with Gasteiger partial charge >= 0.3 is 0 Å². The molecule has 0 aliphatic carbocycles. The molecule has 0 spiro atoms. The van der Waals surface area contributed by atoms with E-state index < -0.39 is 5.91 Å². The molecule has 2 N–H and O–H groups in total. The van der Waals surface area contributed by atoms with Crippen molar-refractivity contribution in [2.45, 2.75) is 12.3 Å². The van der Waals surface area contributed by atoms with Gasteiger partial charge in [-0.1, -0.05) is 30.3 Å². The lowest BCUT2D eigenvalue weighted by atomic mass is 9.98. The topological polar surface area (TPSA) is 63.4 Å². The second-order valence-corrected chi connectivity index (χ2v) is 3.98. The van der Waals surface area contributed by atoms with Crippen molar-refractivity contribution >= 4 is 11.8 Å². The van der Waals surface area contributed by atoms with Crippen LogP contribution in [0.1, 0.15) is 17.9 Å². The molecule has 1 atom stereocenters. The molecule has 84 valence electrons. The zero-order chi connectivity index (χ0) is 11.5. The van der Waals surface area contributed by atoms with Crippen molar-refractivity contribution in [3.05, 3.63) is 35.9 Å². The van der Waals surface area contributed by atoms with Gasteiger partial charge in [-0.2, -0.15) is 0 Å². The Bertz CT molecular complexity index is 403. The van der Waals surface area contributed by atoms with E-state index in [4.69, 9.17) is 5.73 Å². The van der Waals surface area contributed by atoms with Gasteiger partial charge in [-0.3, -0.25) is 9.59 Å². The average Bonchev–Trinajstić information content (AvgIpc) is 2.61. The van der Waals surface area contributed by atoms with Crippen LogP contribution in [0.15, 0.2) is 30.3 Å². The number of nitrogens with zero attached hydrogens (tertiary/aromatic N) is 1. The smallest absolute Gasteiger partial charge is 0.237 e. The molecular formula is C12H14N2O2. The molecule has 2 amide bonds. The first-order chi connectivity index (χ1) is 7.68. The van der Waals surface area contributed by atoms with Crippen LogP contribution in [-0.4, -0.2) is 29.8 Å². The summed E-state index contributed by atoms with van der Waals surface area (Å²) in [4.78, 5) is 24.3. The van der Waals surface area contributed by atoms with Gasteiger partial charge in [0.15, 0.2) is 0 Å². The predicted molar refractivity (Wildman–Crippen MR) is 59.6 cm³/mol. The molecule has 4 nitrogen and oxygen atoms in total. The van der Waals surface area contributed by atoms with Gasteiger partial charge in [0, 0.05) is 6.54 Å². The molecule has 0 saturated carbocycles. The number of nitrogens with two attached hydrogens (primary N) is 1. The number of benzene rings is 1. The zero-order valence-electron chi connectivity index (χ0n) is 8.93. The highest BCUT2D eigenvalue weighted by Gasteiger charge is 2.32. The van der Waals surface area contributed by atoms with Crippen molar-refractivity contribution in [2.24, 2.45) is 5.73 Å². The fourth-order valence-electron chi connectivity index (χ4n) is 2.08. The zero-order valence-corrected chi connectivity index (χ0v) is 8.93. The fraction of sp³-hybridized carbons (Fsp3) is 0.333. The lowest BCUT2D eigenvalue weighted by Crippen LogP contribution is -2.35. The van der Waals surface area contributed by atoms with Gasteiger partial charge in [0.2, 0.25) is 11.8 Å². The number of amides is 2. The minimum atomic E-state index is -0.456. The number of primary amides is 1. The maximum Gasteiger partial charge on any atom is 0.237 e. The Morgan fingerprint density at radius 1 is 1.38 bits per heavy atom. The Morgan fingerprint density at radius 3 is 2.69 bits per heavy atom. The first-order valence-electron chi connectivity index (χ1n) is 5.30. The SMILES string of the molecule is NC(=O)CN1CCC(c2ccccc2)C1=O. The summed E-state index contributed by atoms with van der Waals surface area (Å²) in [6.07, 6.45) is 0.760. The number of hydrogen-bond donors (Lipinski definition) is 1. The molecule has 1 aliphatic rings. The maximum absolute atomic E-state index is 12.0. The lowest BCUT2D eigenvalue weighted by molar-refractivity contribution is -0.132. The Kier molecular flexibility index (Phi) is 2.90. The van der Waals surface area contributed by atoms with E-state index in [0.717, 1.165) is 12.0 Å². The van der Waals surface area contributed by atoms with Crippen LogP contribution in [0.4, 0.5) is 0 Å². The molecule has 1 fully saturated rings. The van der Waals surface area contributed by atoms with Crippen molar-refractivity contribution in [1.82, 2.24) is 4.90 Å². The van der Waals surface area contributed by atoms with Crippen molar-refractivity contribution in [3.8, 4) is 0 Å². The first kappa shape index (κ1) is 10.7. The monoisotopic (exact) mass is 218 g/mol. The third kappa shape index (κ3) is 2.05. The Balaban J connectivity index is 2.11. The number of carbonyl (C=O) groups excluding carboxylic acids is 2. The predicted octanol–water partition coefficient (Wildman–Crippen LogP) is 0.488. The normalized spacial score (nSPS) is 20.1. The van der Waals surface area contributed by atoms with E-state index in [1.54, 1.807) is 0 Å². The van der Waals surface area contributed by atoms with Gasteiger partial charge in [-0.05, 0) is 12.0 Å². The lowest BCUT2D eigenvalue weighted by Gasteiger charge is -2.14. The van der Waals surface area contributed by atoms with Gasteiger partial charge in [0.05, 0.1) is 12.5 Å². The highest BCUT2D eigenvalue weighted by molar-refractivity contribution is 5.89. The van der Waals surface area contributed by atoms with E-state index in [0.29, 0.717) is 6.54 Å². The highest BCUT2D eigenvalue weighted by atomic mass is 16.2. The van der Waals surface area contributed by atoms with Crippen molar-refractivity contribution in [1.29, 1.82) is 0 Å². The van der Waals surface area contributed by atoms with E-state index in [1.807, 2.05) is 30.3 Å². The van der Waals surface area contributed by atoms with Crippen LogP contribution in [0.2, 0.25) is 0 Å². The number of hydrogen-bond acceptors (Lipinski definition) is 2. The fourth-order valence-corrected chi connectivity index (χ4v) is 2.08. The summed E-state index contributed by atoms with van der Waals surface area (Å²) < 4.78 is 0. The molecule has 16 heavy (non-hydrogen) atoms. The van der Waals surface area contributed by atoms with Gasteiger partial charge in [0.25, 0.3) is 0 Å². The molecule has 1 aromatic rings. The van der Waals surface area contributed by atoms with Crippen LogP contribution in [0, 0.1) is 0 Å². The Morgan fingerprint density at radius 2 is 2.06 bits per heavy atom. The molecule has 0 aromatic heterocycles. The summed E-state index contributed by atoms with van der Waals surface area (Å²) in [7, 11) is 0. The summed E-state index contributed by atoms with van der Waals surface area (Å²) in [5.74, 6) is -0.562. The van der Waals surface area contributed by atoms with Crippen molar-refractivity contribution in [3.63, 3.8) is 0 Å². The first-order valence-corrected chi connectivity index (χ1v) is 5.30. The molecule has 4 heteroatoms. The van der Waals surface area contributed by atoms with Crippen LogP contribution >= 0.6 is 0 Å². The molecular weight excluding hydrogens is 204 g/mol. The van der Waals surface area contributed by atoms with Gasteiger partial charge < -0.3 is 10.6 Å². The molecule has 0 bridgehead atoms. The van der Waals surface area contributed by atoms with Crippen LogP contribution in [0.25, 0.3) is 0 Å². The second-order valence-electron chi connectivity index (χ2n) is 3.98. The van der Waals surface area contributed by atoms with Gasteiger partial charge in [-0.15, -0.1) is 0 Å². The summed E-state index contributed by atoms with van der Waals surface area (Å²) in [5, 5.41) is 0. The quantitative estimate of drug-likeness (QED) is 0.802. The number of carbonyl (C=O) groups is 2. The third-order valence-electron chi connectivity index (χ3n) is 2.85. The number of likely N-dealkylation sites (tertiary alicyclic amines) is 1. The van der Waals surface area contributed by atoms with Crippen LogP contribution in [-0.2, 0) is 9.59 Å². The van der Waals surface area contributed by atoms with E-state index in [9.17, 15) is 9.59 Å². The second kappa shape index (κ2) is 4.35.